The number of aliphatic carboxylic acids is 1. The molecule has 0 saturated carbocycles. The molecule has 1 amide bonds. The van der Waals surface area contributed by atoms with Gasteiger partial charge < -0.3 is 10.4 Å². The highest BCUT2D eigenvalue weighted by molar-refractivity contribution is 7.89. The van der Waals surface area contributed by atoms with Crippen molar-refractivity contribution in [2.45, 2.75) is 19.1 Å². The van der Waals surface area contributed by atoms with E-state index in [0.29, 0.717) is 23.2 Å². The molecule has 0 saturated heterocycles. The number of nitrogens with one attached hydrogen (secondary N) is 1. The summed E-state index contributed by atoms with van der Waals surface area (Å²) in [6.45, 7) is 1.64. The Labute approximate surface area is 152 Å². The second kappa shape index (κ2) is 8.14. The van der Waals surface area contributed by atoms with Gasteiger partial charge in [-0.05, 0) is 41.8 Å². The topological polar surface area (TPSA) is 101 Å². The average molecular weight is 375 g/mol. The number of anilines is 1. The van der Waals surface area contributed by atoms with E-state index in [1.807, 2.05) is 0 Å². The lowest BCUT2D eigenvalue weighted by Gasteiger charge is -2.09. The lowest BCUT2D eigenvalue weighted by Crippen LogP contribution is -2.13. The molecule has 0 aliphatic heterocycles. The summed E-state index contributed by atoms with van der Waals surface area (Å²) in [6.07, 6.45) is 1.58. The summed E-state index contributed by atoms with van der Waals surface area (Å²) in [5.74, 6) is -1.68. The third-order valence-electron chi connectivity index (χ3n) is 3.82. The summed E-state index contributed by atoms with van der Waals surface area (Å²) < 4.78 is 22.6. The van der Waals surface area contributed by atoms with Crippen LogP contribution in [0.2, 0.25) is 0 Å². The predicted octanol–water partition coefficient (Wildman–Crippen LogP) is 2.75. The molecule has 0 aliphatic carbocycles. The van der Waals surface area contributed by atoms with Gasteiger partial charge in [0.25, 0.3) is 5.91 Å². The number of rotatable bonds is 7. The van der Waals surface area contributed by atoms with Crippen molar-refractivity contribution in [3.63, 3.8) is 0 Å². The van der Waals surface area contributed by atoms with Crippen LogP contribution in [0, 0.1) is 5.92 Å². The van der Waals surface area contributed by atoms with E-state index in [4.69, 9.17) is 5.11 Å². The molecule has 2 aromatic carbocycles. The van der Waals surface area contributed by atoms with Crippen molar-refractivity contribution in [3.05, 3.63) is 65.2 Å². The zero-order valence-corrected chi connectivity index (χ0v) is 15.4. The van der Waals surface area contributed by atoms with Crippen LogP contribution in [-0.4, -0.2) is 31.7 Å². The first kappa shape index (κ1) is 19.7. The Kier molecular flexibility index (Phi) is 6.15. The molecule has 0 bridgehead atoms. The average Bonchev–Trinajstić information content (AvgIpc) is 2.55. The summed E-state index contributed by atoms with van der Waals surface area (Å²) >= 11 is 0. The molecule has 7 heteroatoms. The van der Waals surface area contributed by atoms with Gasteiger partial charge in [0.05, 0.1) is 11.7 Å². The molecule has 0 aromatic heterocycles. The van der Waals surface area contributed by atoms with Crippen LogP contribution in [0.5, 0.6) is 0 Å². The summed E-state index contributed by atoms with van der Waals surface area (Å²) in [5.41, 5.74) is 2.52. The maximum absolute atomic E-state index is 12.3. The van der Waals surface area contributed by atoms with Gasteiger partial charge in [0.15, 0.2) is 9.84 Å². The number of sulfone groups is 1. The van der Waals surface area contributed by atoms with Gasteiger partial charge in [-0.3, -0.25) is 9.59 Å². The van der Waals surface area contributed by atoms with Gasteiger partial charge in [0.2, 0.25) is 0 Å². The molecule has 138 valence electrons. The second-order valence-electron chi connectivity index (χ2n) is 6.36. The number of hydrogen-bond acceptors (Lipinski definition) is 4. The normalized spacial score (nSPS) is 12.4. The number of carbonyl (C=O) groups excluding carboxylic acids is 1. The van der Waals surface area contributed by atoms with Crippen LogP contribution in [0.3, 0.4) is 0 Å². The molecule has 0 fully saturated rings. The zero-order valence-electron chi connectivity index (χ0n) is 14.6. The van der Waals surface area contributed by atoms with Crippen molar-refractivity contribution in [3.8, 4) is 0 Å². The fourth-order valence-electron chi connectivity index (χ4n) is 2.42. The molecule has 26 heavy (non-hydrogen) atoms. The van der Waals surface area contributed by atoms with Crippen LogP contribution in [0.1, 0.15) is 28.4 Å². The third kappa shape index (κ3) is 6.00. The van der Waals surface area contributed by atoms with Crippen LogP contribution in [0.4, 0.5) is 5.69 Å². The Morgan fingerprint density at radius 3 is 2.04 bits per heavy atom. The molecule has 2 aromatic rings. The standard InChI is InChI=1S/C19H21NO5S/c1-13(19(22)23)11-14-5-9-17(10-6-14)20-18(21)16-7-3-15(4-8-16)12-26(2,24)25/h3-10,13H,11-12H2,1-2H3,(H,20,21)(H,22,23). The second-order valence-corrected chi connectivity index (χ2v) is 8.50. The first-order valence-electron chi connectivity index (χ1n) is 8.04. The van der Waals surface area contributed by atoms with E-state index in [-0.39, 0.29) is 11.7 Å². The van der Waals surface area contributed by atoms with E-state index in [9.17, 15) is 18.0 Å². The number of carboxylic acid groups (broad SMARTS) is 1. The first-order valence-corrected chi connectivity index (χ1v) is 10.1. The van der Waals surface area contributed by atoms with Crippen LogP contribution < -0.4 is 5.32 Å². The van der Waals surface area contributed by atoms with Crippen LogP contribution in [-0.2, 0) is 26.8 Å². The third-order valence-corrected chi connectivity index (χ3v) is 4.68. The SMILES string of the molecule is CC(Cc1ccc(NC(=O)c2ccc(CS(C)(=O)=O)cc2)cc1)C(=O)O. The van der Waals surface area contributed by atoms with Crippen molar-refractivity contribution in [2.75, 3.05) is 11.6 Å². The quantitative estimate of drug-likeness (QED) is 0.775. The maximum Gasteiger partial charge on any atom is 0.306 e. The van der Waals surface area contributed by atoms with Crippen LogP contribution in [0.15, 0.2) is 48.5 Å². The molecule has 1 unspecified atom stereocenters. The maximum atomic E-state index is 12.3. The molecule has 0 aliphatic rings. The zero-order chi connectivity index (χ0) is 19.3. The summed E-state index contributed by atoms with van der Waals surface area (Å²) in [5, 5.41) is 11.7. The van der Waals surface area contributed by atoms with Gasteiger partial charge >= 0.3 is 5.97 Å². The Hall–Kier alpha value is -2.67. The van der Waals surface area contributed by atoms with Crippen LogP contribution in [0.25, 0.3) is 0 Å². The van der Waals surface area contributed by atoms with Crippen LogP contribution >= 0.6 is 0 Å². The van der Waals surface area contributed by atoms with E-state index in [1.165, 1.54) is 0 Å². The Bertz CT molecular complexity index is 887. The monoisotopic (exact) mass is 375 g/mol. The summed E-state index contributed by atoms with van der Waals surface area (Å²) in [6, 6.07) is 13.4. The molecule has 0 radical (unpaired) electrons. The minimum Gasteiger partial charge on any atom is -0.481 e. The van der Waals surface area contributed by atoms with Crippen molar-refractivity contribution in [1.29, 1.82) is 0 Å². The number of amides is 1. The molecule has 6 nitrogen and oxygen atoms in total. The summed E-state index contributed by atoms with van der Waals surface area (Å²) in [7, 11) is -3.11. The lowest BCUT2D eigenvalue weighted by molar-refractivity contribution is -0.141. The van der Waals surface area contributed by atoms with Crippen molar-refractivity contribution in [2.24, 2.45) is 5.92 Å². The molecule has 1 atom stereocenters. The highest BCUT2D eigenvalue weighted by Gasteiger charge is 2.12. The Morgan fingerprint density at radius 2 is 1.54 bits per heavy atom. The molecular weight excluding hydrogens is 354 g/mol. The Balaban J connectivity index is 2.00. The smallest absolute Gasteiger partial charge is 0.306 e. The van der Waals surface area contributed by atoms with Crippen molar-refractivity contribution >= 4 is 27.4 Å². The molecule has 2 rings (SSSR count). The number of carbonyl (C=O) groups is 2. The van der Waals surface area contributed by atoms with E-state index in [0.717, 1.165) is 11.8 Å². The van der Waals surface area contributed by atoms with E-state index >= 15 is 0 Å². The largest absolute Gasteiger partial charge is 0.481 e. The Morgan fingerprint density at radius 1 is 1.00 bits per heavy atom. The van der Waals surface area contributed by atoms with E-state index in [2.05, 4.69) is 5.32 Å². The minimum atomic E-state index is -3.11. The fourth-order valence-corrected chi connectivity index (χ4v) is 3.22. The van der Waals surface area contributed by atoms with E-state index < -0.39 is 21.7 Å². The lowest BCUT2D eigenvalue weighted by atomic mass is 10.0. The number of carboxylic acids is 1. The highest BCUT2D eigenvalue weighted by Crippen LogP contribution is 2.15. The fraction of sp³-hybridized carbons (Fsp3) is 0.263. The van der Waals surface area contributed by atoms with Crippen molar-refractivity contribution < 1.29 is 23.1 Å². The first-order chi connectivity index (χ1) is 12.1. The predicted molar refractivity (Wildman–Crippen MR) is 99.9 cm³/mol. The molecule has 2 N–H and O–H groups in total. The highest BCUT2D eigenvalue weighted by atomic mass is 32.2. The van der Waals surface area contributed by atoms with Crippen molar-refractivity contribution in [1.82, 2.24) is 0 Å². The molecule has 0 heterocycles. The number of benzene rings is 2. The minimum absolute atomic E-state index is 0.0644. The summed E-state index contributed by atoms with van der Waals surface area (Å²) in [4.78, 5) is 23.1. The van der Waals surface area contributed by atoms with Gasteiger partial charge in [-0.15, -0.1) is 0 Å². The van der Waals surface area contributed by atoms with Gasteiger partial charge in [-0.25, -0.2) is 8.42 Å². The van der Waals surface area contributed by atoms with E-state index in [1.54, 1.807) is 55.5 Å². The molecule has 0 spiro atoms. The number of hydrogen-bond donors (Lipinski definition) is 2. The van der Waals surface area contributed by atoms with Gasteiger partial charge in [-0.2, -0.15) is 0 Å². The molecular formula is C19H21NO5S. The van der Waals surface area contributed by atoms with Gasteiger partial charge in [0.1, 0.15) is 0 Å². The van der Waals surface area contributed by atoms with Gasteiger partial charge in [0, 0.05) is 17.5 Å². The van der Waals surface area contributed by atoms with Gasteiger partial charge in [-0.1, -0.05) is 31.2 Å².